The molecule has 8 heteroatoms. The molecule has 0 fully saturated rings. The molecule has 0 bridgehead atoms. The summed E-state index contributed by atoms with van der Waals surface area (Å²) in [5, 5.41) is 2.80. The van der Waals surface area contributed by atoms with E-state index in [2.05, 4.69) is 5.32 Å². The van der Waals surface area contributed by atoms with Gasteiger partial charge in [-0.2, -0.15) is 4.31 Å². The smallest absolute Gasteiger partial charge is 0.251 e. The first-order chi connectivity index (χ1) is 13.4. The van der Waals surface area contributed by atoms with Gasteiger partial charge in [0.1, 0.15) is 11.6 Å². The topological polar surface area (TPSA) is 75.7 Å². The molecule has 6 nitrogen and oxygen atoms in total. The number of benzene rings is 2. The van der Waals surface area contributed by atoms with E-state index in [1.54, 1.807) is 30.3 Å². The Hall–Kier alpha value is -2.71. The number of nitrogens with one attached hydrogen (secondary N) is 1. The third-order valence-corrected chi connectivity index (χ3v) is 6.22. The Bertz CT molecular complexity index is 970. The first kappa shape index (κ1) is 20.0. The van der Waals surface area contributed by atoms with Crippen molar-refractivity contribution in [2.24, 2.45) is 0 Å². The SMILES string of the molecule is CCOc1ccc(NC(=O)C2=CCN(S(=O)(=O)c3ccc(F)cc3)CC2)cc1. The van der Waals surface area contributed by atoms with Gasteiger partial charge in [-0.15, -0.1) is 0 Å². The minimum Gasteiger partial charge on any atom is -0.494 e. The molecule has 0 aliphatic carbocycles. The molecule has 3 rings (SSSR count). The number of halogens is 1. The number of amides is 1. The molecule has 0 atom stereocenters. The van der Waals surface area contributed by atoms with Crippen LogP contribution in [0, 0.1) is 5.82 Å². The molecule has 28 heavy (non-hydrogen) atoms. The Labute approximate surface area is 163 Å². The van der Waals surface area contributed by atoms with Crippen molar-refractivity contribution >= 4 is 21.6 Å². The van der Waals surface area contributed by atoms with Crippen molar-refractivity contribution in [3.8, 4) is 5.75 Å². The van der Waals surface area contributed by atoms with Gasteiger partial charge in [-0.05, 0) is 61.9 Å². The zero-order chi connectivity index (χ0) is 20.1. The fourth-order valence-electron chi connectivity index (χ4n) is 2.84. The average molecular weight is 404 g/mol. The highest BCUT2D eigenvalue weighted by Gasteiger charge is 2.27. The first-order valence-electron chi connectivity index (χ1n) is 8.89. The van der Waals surface area contributed by atoms with E-state index < -0.39 is 15.8 Å². The van der Waals surface area contributed by atoms with E-state index in [9.17, 15) is 17.6 Å². The second kappa shape index (κ2) is 8.53. The van der Waals surface area contributed by atoms with Crippen LogP contribution in [0.25, 0.3) is 0 Å². The zero-order valence-corrected chi connectivity index (χ0v) is 16.2. The van der Waals surface area contributed by atoms with E-state index >= 15 is 0 Å². The van der Waals surface area contributed by atoms with E-state index in [0.717, 1.165) is 17.9 Å². The highest BCUT2D eigenvalue weighted by atomic mass is 32.2. The maximum Gasteiger partial charge on any atom is 0.251 e. The fraction of sp³-hybridized carbons (Fsp3) is 0.250. The lowest BCUT2D eigenvalue weighted by atomic mass is 10.1. The van der Waals surface area contributed by atoms with Crippen LogP contribution in [0.1, 0.15) is 13.3 Å². The Morgan fingerprint density at radius 2 is 1.82 bits per heavy atom. The van der Waals surface area contributed by atoms with Gasteiger partial charge in [-0.1, -0.05) is 6.08 Å². The molecule has 1 N–H and O–H groups in total. The van der Waals surface area contributed by atoms with Gasteiger partial charge in [0.15, 0.2) is 0 Å². The molecule has 1 aliphatic heterocycles. The van der Waals surface area contributed by atoms with E-state index in [1.807, 2.05) is 6.92 Å². The Morgan fingerprint density at radius 3 is 2.39 bits per heavy atom. The van der Waals surface area contributed by atoms with Gasteiger partial charge in [0.25, 0.3) is 5.91 Å². The summed E-state index contributed by atoms with van der Waals surface area (Å²) in [6, 6.07) is 11.7. The van der Waals surface area contributed by atoms with Crippen molar-refractivity contribution in [1.29, 1.82) is 0 Å². The van der Waals surface area contributed by atoms with Crippen LogP contribution in [0.4, 0.5) is 10.1 Å². The van der Waals surface area contributed by atoms with Crippen LogP contribution in [0.15, 0.2) is 65.1 Å². The second-order valence-electron chi connectivity index (χ2n) is 6.21. The van der Waals surface area contributed by atoms with Gasteiger partial charge in [-0.3, -0.25) is 4.79 Å². The highest BCUT2D eigenvalue weighted by Crippen LogP contribution is 2.22. The van der Waals surface area contributed by atoms with E-state index in [4.69, 9.17) is 4.74 Å². The molecule has 1 aliphatic rings. The van der Waals surface area contributed by atoms with Crippen molar-refractivity contribution in [3.63, 3.8) is 0 Å². The van der Waals surface area contributed by atoms with E-state index in [1.165, 1.54) is 16.4 Å². The summed E-state index contributed by atoms with van der Waals surface area (Å²) in [5.41, 5.74) is 1.16. The number of carbonyl (C=O) groups excluding carboxylic acids is 1. The Kier molecular flexibility index (Phi) is 6.11. The maximum absolute atomic E-state index is 13.0. The molecule has 0 radical (unpaired) electrons. The molecule has 0 saturated heterocycles. The maximum atomic E-state index is 13.0. The van der Waals surface area contributed by atoms with Crippen LogP contribution >= 0.6 is 0 Å². The third kappa shape index (κ3) is 4.58. The second-order valence-corrected chi connectivity index (χ2v) is 8.15. The molecule has 1 amide bonds. The number of ether oxygens (including phenoxy) is 1. The van der Waals surface area contributed by atoms with Crippen molar-refractivity contribution in [1.82, 2.24) is 4.31 Å². The predicted molar refractivity (Wildman–Crippen MR) is 104 cm³/mol. The minimum atomic E-state index is -3.72. The number of sulfonamides is 1. The van der Waals surface area contributed by atoms with Crippen LogP contribution in [0.2, 0.25) is 0 Å². The highest BCUT2D eigenvalue weighted by molar-refractivity contribution is 7.89. The van der Waals surface area contributed by atoms with Gasteiger partial charge in [0.05, 0.1) is 11.5 Å². The van der Waals surface area contributed by atoms with Crippen molar-refractivity contribution in [3.05, 3.63) is 66.0 Å². The van der Waals surface area contributed by atoms with Gasteiger partial charge < -0.3 is 10.1 Å². The molecule has 2 aromatic carbocycles. The lowest BCUT2D eigenvalue weighted by Crippen LogP contribution is -2.36. The molecule has 0 aromatic heterocycles. The molecule has 0 saturated carbocycles. The summed E-state index contributed by atoms with van der Waals surface area (Å²) in [5.74, 6) is -0.0345. The Morgan fingerprint density at radius 1 is 1.14 bits per heavy atom. The van der Waals surface area contributed by atoms with Crippen LogP contribution < -0.4 is 10.1 Å². The van der Waals surface area contributed by atoms with Gasteiger partial charge in [-0.25, -0.2) is 12.8 Å². The van der Waals surface area contributed by atoms with Crippen molar-refractivity contribution in [2.75, 3.05) is 25.0 Å². The molecule has 1 heterocycles. The molecule has 0 unspecified atom stereocenters. The van der Waals surface area contributed by atoms with Crippen LogP contribution in [0.5, 0.6) is 5.75 Å². The van der Waals surface area contributed by atoms with E-state index in [-0.39, 0.29) is 23.9 Å². The summed E-state index contributed by atoms with van der Waals surface area (Å²) < 4.78 is 44.9. The number of hydrogen-bond donors (Lipinski definition) is 1. The number of nitrogens with zero attached hydrogens (tertiary/aromatic N) is 1. The molecule has 0 spiro atoms. The largest absolute Gasteiger partial charge is 0.494 e. The number of hydrogen-bond acceptors (Lipinski definition) is 4. The predicted octanol–water partition coefficient (Wildman–Crippen LogP) is 3.18. The number of rotatable bonds is 6. The normalized spacial score (nSPS) is 15.0. The van der Waals surface area contributed by atoms with Crippen LogP contribution in [0.3, 0.4) is 0 Å². The molecule has 148 valence electrons. The van der Waals surface area contributed by atoms with Crippen molar-refractivity contribution < 1.29 is 22.3 Å². The lowest BCUT2D eigenvalue weighted by Gasteiger charge is -2.25. The summed E-state index contributed by atoms with van der Waals surface area (Å²) in [4.78, 5) is 12.5. The molecular formula is C20H21FN2O4S. The standard InChI is InChI=1S/C20H21FN2O4S/c1-2-27-18-7-5-17(6-8-18)22-20(24)15-11-13-23(14-12-15)28(25,26)19-9-3-16(21)4-10-19/h3-11H,2,12-14H2,1H3,(H,22,24). The summed E-state index contributed by atoms with van der Waals surface area (Å²) in [6.45, 7) is 2.73. The fourth-order valence-corrected chi connectivity index (χ4v) is 4.22. The summed E-state index contributed by atoms with van der Waals surface area (Å²) in [6.07, 6.45) is 1.90. The Balaban J connectivity index is 1.64. The quantitative estimate of drug-likeness (QED) is 0.802. The lowest BCUT2D eigenvalue weighted by molar-refractivity contribution is -0.113. The van der Waals surface area contributed by atoms with Gasteiger partial charge in [0.2, 0.25) is 10.0 Å². The first-order valence-corrected chi connectivity index (χ1v) is 10.3. The summed E-state index contributed by atoms with van der Waals surface area (Å²) in [7, 11) is -3.72. The number of anilines is 1. The van der Waals surface area contributed by atoms with Gasteiger partial charge >= 0.3 is 0 Å². The molecular weight excluding hydrogens is 383 g/mol. The number of carbonyl (C=O) groups is 1. The molecule has 2 aromatic rings. The van der Waals surface area contributed by atoms with Crippen LogP contribution in [-0.4, -0.2) is 38.3 Å². The van der Waals surface area contributed by atoms with Crippen molar-refractivity contribution in [2.45, 2.75) is 18.2 Å². The monoisotopic (exact) mass is 404 g/mol. The van der Waals surface area contributed by atoms with Crippen LogP contribution in [-0.2, 0) is 14.8 Å². The zero-order valence-electron chi connectivity index (χ0n) is 15.4. The summed E-state index contributed by atoms with van der Waals surface area (Å²) >= 11 is 0. The van der Waals surface area contributed by atoms with Gasteiger partial charge in [0, 0.05) is 24.4 Å². The van der Waals surface area contributed by atoms with E-state index in [0.29, 0.717) is 24.3 Å². The third-order valence-electron chi connectivity index (χ3n) is 4.34. The minimum absolute atomic E-state index is 0.0320. The average Bonchev–Trinajstić information content (AvgIpc) is 2.70.